The van der Waals surface area contributed by atoms with Crippen LogP contribution >= 0.6 is 0 Å². The number of alkyl halides is 3. The molecular weight excluding hydrogens is 511 g/mol. The Bertz CT molecular complexity index is 1610. The maximum atomic E-state index is 14.2. The molecule has 2 heterocycles. The van der Waals surface area contributed by atoms with E-state index < -0.39 is 23.9 Å². The number of aliphatic imine (C=N–C) groups is 1. The van der Waals surface area contributed by atoms with Crippen LogP contribution in [-0.2, 0) is 5.41 Å². The van der Waals surface area contributed by atoms with Crippen molar-refractivity contribution in [2.24, 2.45) is 4.99 Å². The van der Waals surface area contributed by atoms with Gasteiger partial charge in [0.1, 0.15) is 18.0 Å². The number of benzene rings is 4. The third-order valence-corrected chi connectivity index (χ3v) is 8.42. The second kappa shape index (κ2) is 9.29. The molecule has 0 bridgehead atoms. The Labute approximate surface area is 232 Å². The summed E-state index contributed by atoms with van der Waals surface area (Å²) in [6.45, 7) is 8.72. The van der Waals surface area contributed by atoms with Gasteiger partial charge in [-0.3, -0.25) is 4.99 Å². The topological polar surface area (TPSA) is 28.1 Å². The highest BCUT2D eigenvalue weighted by molar-refractivity contribution is 6.00. The van der Waals surface area contributed by atoms with Gasteiger partial charge < -0.3 is 14.5 Å². The predicted octanol–water partition coefficient (Wildman–Crippen LogP) is 8.50. The van der Waals surface area contributed by atoms with E-state index in [0.29, 0.717) is 17.1 Å². The van der Waals surface area contributed by atoms with Crippen LogP contribution in [-0.4, -0.2) is 37.8 Å². The maximum Gasteiger partial charge on any atom is 0.406 e. The summed E-state index contributed by atoms with van der Waals surface area (Å²) in [7, 11) is 0. The first kappa shape index (κ1) is 26.2. The summed E-state index contributed by atoms with van der Waals surface area (Å²) < 4.78 is 49.1. The van der Waals surface area contributed by atoms with E-state index in [1.165, 1.54) is 4.90 Å². The number of hydrogen-bond donors (Lipinski definition) is 0. The van der Waals surface area contributed by atoms with Gasteiger partial charge in [-0.05, 0) is 74.0 Å². The number of hydrogen-bond acceptors (Lipinski definition) is 4. The van der Waals surface area contributed by atoms with Crippen molar-refractivity contribution in [3.63, 3.8) is 0 Å². The Morgan fingerprint density at radius 1 is 0.875 bits per heavy atom. The van der Waals surface area contributed by atoms with Crippen molar-refractivity contribution in [2.45, 2.75) is 45.0 Å². The maximum absolute atomic E-state index is 14.2. The summed E-state index contributed by atoms with van der Waals surface area (Å²) in [6, 6.07) is 25.5. The minimum Gasteiger partial charge on any atom is -0.459 e. The number of anilines is 2. The van der Waals surface area contributed by atoms with Gasteiger partial charge in [0.2, 0.25) is 5.72 Å². The molecule has 4 nitrogen and oxygen atoms in total. The van der Waals surface area contributed by atoms with Crippen molar-refractivity contribution in [1.29, 1.82) is 0 Å². The van der Waals surface area contributed by atoms with Crippen LogP contribution in [0.3, 0.4) is 0 Å². The summed E-state index contributed by atoms with van der Waals surface area (Å²) in [4.78, 5) is 8.37. The molecular formula is C33H32F3N3O. The van der Waals surface area contributed by atoms with Gasteiger partial charge in [-0.25, -0.2) is 0 Å². The van der Waals surface area contributed by atoms with Gasteiger partial charge in [0.25, 0.3) is 0 Å². The summed E-state index contributed by atoms with van der Waals surface area (Å²) >= 11 is 0. The van der Waals surface area contributed by atoms with E-state index in [0.717, 1.165) is 46.2 Å². The van der Waals surface area contributed by atoms with Crippen molar-refractivity contribution in [2.75, 3.05) is 29.4 Å². The first-order valence-electron chi connectivity index (χ1n) is 13.7. The van der Waals surface area contributed by atoms with E-state index in [-0.39, 0.29) is 0 Å². The number of fused-ring (bicyclic) bond motifs is 4. The number of nitrogens with zero attached hydrogens (tertiary/aromatic N) is 3. The molecule has 206 valence electrons. The minimum absolute atomic E-state index is 0.474. The second-order valence-corrected chi connectivity index (χ2v) is 11.0. The molecule has 1 atom stereocenters. The van der Waals surface area contributed by atoms with Gasteiger partial charge in [-0.2, -0.15) is 13.2 Å². The van der Waals surface area contributed by atoms with Crippen LogP contribution in [0.4, 0.5) is 30.2 Å². The first-order valence-corrected chi connectivity index (χ1v) is 13.7. The molecule has 0 aromatic heterocycles. The smallest absolute Gasteiger partial charge is 0.406 e. The molecule has 4 aromatic rings. The van der Waals surface area contributed by atoms with E-state index in [4.69, 9.17) is 9.73 Å². The van der Waals surface area contributed by atoms with Crippen LogP contribution in [0.25, 0.3) is 21.9 Å². The molecule has 2 aliphatic rings. The fourth-order valence-electron chi connectivity index (χ4n) is 6.22. The minimum atomic E-state index is -4.45. The third kappa shape index (κ3) is 4.02. The monoisotopic (exact) mass is 543 g/mol. The van der Waals surface area contributed by atoms with Crippen LogP contribution in [0.1, 0.15) is 33.3 Å². The van der Waals surface area contributed by atoms with E-state index in [1.54, 1.807) is 6.21 Å². The molecule has 0 amide bonds. The Kier molecular flexibility index (Phi) is 6.09. The van der Waals surface area contributed by atoms with Gasteiger partial charge >= 0.3 is 6.18 Å². The van der Waals surface area contributed by atoms with Crippen molar-refractivity contribution >= 4 is 34.0 Å². The molecule has 7 heteroatoms. The van der Waals surface area contributed by atoms with Gasteiger partial charge in [0, 0.05) is 29.9 Å². The molecule has 1 spiro atoms. The summed E-state index contributed by atoms with van der Waals surface area (Å²) in [5.41, 5.74) is 2.56. The fourth-order valence-corrected chi connectivity index (χ4v) is 6.22. The lowest BCUT2D eigenvalue weighted by Crippen LogP contribution is -2.63. The molecule has 4 aromatic carbocycles. The van der Waals surface area contributed by atoms with E-state index in [2.05, 4.69) is 30.9 Å². The predicted molar refractivity (Wildman–Crippen MR) is 157 cm³/mol. The molecule has 0 saturated carbocycles. The lowest BCUT2D eigenvalue weighted by Gasteiger charge is -2.46. The number of rotatable bonds is 5. The van der Waals surface area contributed by atoms with Gasteiger partial charge in [0.05, 0.1) is 11.6 Å². The Balaban J connectivity index is 1.46. The Morgan fingerprint density at radius 3 is 2.27 bits per heavy atom. The Morgan fingerprint density at radius 2 is 1.57 bits per heavy atom. The van der Waals surface area contributed by atoms with Crippen LogP contribution in [0.15, 0.2) is 83.9 Å². The largest absolute Gasteiger partial charge is 0.459 e. The number of ether oxygens (including phenoxy) is 1. The van der Waals surface area contributed by atoms with Crippen LogP contribution in [0, 0.1) is 0 Å². The normalized spacial score (nSPS) is 19.0. The Hall–Kier alpha value is -4.00. The van der Waals surface area contributed by atoms with E-state index >= 15 is 0 Å². The zero-order valence-corrected chi connectivity index (χ0v) is 23.1. The van der Waals surface area contributed by atoms with Gasteiger partial charge in [-0.1, -0.05) is 54.6 Å². The quantitative estimate of drug-likeness (QED) is 0.253. The molecule has 0 saturated heterocycles. The van der Waals surface area contributed by atoms with Crippen molar-refractivity contribution in [3.8, 4) is 16.9 Å². The van der Waals surface area contributed by atoms with Gasteiger partial charge in [0.15, 0.2) is 0 Å². The highest BCUT2D eigenvalue weighted by Crippen LogP contribution is 2.56. The molecule has 2 aliphatic heterocycles. The standard InChI is InChI=1S/C33H32F3N3O/c1-5-38(6-2)25-15-11-22(12-16-25)24-13-17-27-28(19-24)39(21-33(34,35)36)32(31(27,3)4)20-37-30-26-10-8-7-9-23(26)14-18-29(30)40-32/h7-20H,5-6,21H2,1-4H3. The zero-order valence-electron chi connectivity index (χ0n) is 23.1. The second-order valence-electron chi connectivity index (χ2n) is 11.0. The highest BCUT2D eigenvalue weighted by Gasteiger charge is 2.61. The average molecular weight is 544 g/mol. The lowest BCUT2D eigenvalue weighted by atomic mass is 9.77. The molecule has 6 rings (SSSR count). The molecule has 1 unspecified atom stereocenters. The van der Waals surface area contributed by atoms with Crippen LogP contribution in [0.5, 0.6) is 5.75 Å². The summed E-state index contributed by atoms with van der Waals surface area (Å²) in [5.74, 6) is 0.474. The first-order chi connectivity index (χ1) is 19.1. The molecule has 0 aliphatic carbocycles. The van der Waals surface area contributed by atoms with Crippen molar-refractivity contribution < 1.29 is 17.9 Å². The number of halogens is 3. The summed E-state index contributed by atoms with van der Waals surface area (Å²) in [5, 5.41) is 1.90. The van der Waals surface area contributed by atoms with Crippen molar-refractivity contribution in [3.05, 3.63) is 84.4 Å². The highest BCUT2D eigenvalue weighted by atomic mass is 19.4. The fraction of sp³-hybridized carbons (Fsp3) is 0.303. The van der Waals surface area contributed by atoms with Gasteiger partial charge in [-0.15, -0.1) is 0 Å². The summed E-state index contributed by atoms with van der Waals surface area (Å²) in [6.07, 6.45) is -2.88. The molecule has 0 radical (unpaired) electrons. The van der Waals surface area contributed by atoms with Crippen LogP contribution < -0.4 is 14.5 Å². The van der Waals surface area contributed by atoms with Crippen LogP contribution in [0.2, 0.25) is 0 Å². The lowest BCUT2D eigenvalue weighted by molar-refractivity contribution is -0.125. The SMILES string of the molecule is CCN(CC)c1ccc(-c2ccc3c(c2)N(CC(F)(F)F)C2(C=Nc4c(ccc5ccccc45)O2)C3(C)C)cc1. The van der Waals surface area contributed by atoms with E-state index in [1.807, 2.05) is 80.6 Å². The third-order valence-electron chi connectivity index (χ3n) is 8.42. The average Bonchev–Trinajstić information content (AvgIpc) is 3.11. The van der Waals surface area contributed by atoms with E-state index in [9.17, 15) is 13.2 Å². The van der Waals surface area contributed by atoms with Crippen molar-refractivity contribution in [1.82, 2.24) is 0 Å². The molecule has 0 fully saturated rings. The zero-order chi connectivity index (χ0) is 28.3. The molecule has 40 heavy (non-hydrogen) atoms. The molecule has 0 N–H and O–H groups in total.